The Morgan fingerprint density at radius 3 is 3.00 bits per heavy atom. The Balaban J connectivity index is 1.60. The molecule has 0 aliphatic heterocycles. The second-order valence-electron chi connectivity index (χ2n) is 5.69. The molecule has 0 spiro atoms. The van der Waals surface area contributed by atoms with Gasteiger partial charge in [-0.3, -0.25) is 9.89 Å². The Morgan fingerprint density at radius 2 is 2.38 bits per heavy atom. The predicted octanol–water partition coefficient (Wildman–Crippen LogP) is 2.38. The average molecular weight is 304 g/mol. The van der Waals surface area contributed by atoms with Crippen molar-refractivity contribution in [1.29, 1.82) is 0 Å². The predicted molar refractivity (Wildman–Crippen MR) is 83.6 cm³/mol. The minimum Gasteiger partial charge on any atom is -0.349 e. The van der Waals surface area contributed by atoms with Crippen LogP contribution in [-0.4, -0.2) is 41.6 Å². The first kappa shape index (κ1) is 14.3. The number of amides is 1. The summed E-state index contributed by atoms with van der Waals surface area (Å²) in [6, 6.07) is 6.20. The number of carbonyl (C=O) groups is 1. The number of hydrogen-bond donors (Lipinski definition) is 2. The van der Waals surface area contributed by atoms with Gasteiger partial charge in [-0.25, -0.2) is 0 Å². The number of H-pyrrole nitrogens is 1. The van der Waals surface area contributed by atoms with Crippen molar-refractivity contribution in [1.82, 2.24) is 20.4 Å². The molecule has 1 amide bonds. The van der Waals surface area contributed by atoms with Crippen molar-refractivity contribution >= 4 is 17.2 Å². The molecule has 2 N–H and O–H groups in total. The largest absolute Gasteiger partial charge is 0.349 e. The monoisotopic (exact) mass is 304 g/mol. The highest BCUT2D eigenvalue weighted by Gasteiger charge is 2.26. The van der Waals surface area contributed by atoms with E-state index in [0.29, 0.717) is 18.2 Å². The quantitative estimate of drug-likeness (QED) is 0.861. The number of thiophene rings is 1. The molecule has 2 heterocycles. The summed E-state index contributed by atoms with van der Waals surface area (Å²) < 4.78 is 0. The lowest BCUT2D eigenvalue weighted by Gasteiger charge is -2.23. The van der Waals surface area contributed by atoms with Gasteiger partial charge in [0, 0.05) is 23.0 Å². The van der Waals surface area contributed by atoms with Gasteiger partial charge in [0.15, 0.2) is 0 Å². The number of nitrogens with zero attached hydrogens (tertiary/aromatic N) is 2. The van der Waals surface area contributed by atoms with E-state index in [-0.39, 0.29) is 11.9 Å². The molecule has 6 heteroatoms. The van der Waals surface area contributed by atoms with E-state index in [1.54, 1.807) is 11.3 Å². The Morgan fingerprint density at radius 1 is 1.57 bits per heavy atom. The van der Waals surface area contributed by atoms with E-state index < -0.39 is 0 Å². The molecule has 3 rings (SSSR count). The first-order chi connectivity index (χ1) is 10.1. The summed E-state index contributed by atoms with van der Waals surface area (Å²) in [5, 5.41) is 12.1. The standard InChI is InChI=1S/C15H20N4OS/c1-19(2)13(14-4-3-7-21-14)9-16-15(20)12-8-11(17-18-12)10-5-6-10/h3-4,7-8,10,13H,5-6,9H2,1-2H3,(H,16,20)(H,17,18)/t13-/m0/s1. The van der Waals surface area contributed by atoms with Crippen molar-refractivity contribution in [3.05, 3.63) is 39.8 Å². The van der Waals surface area contributed by atoms with Gasteiger partial charge in [-0.1, -0.05) is 6.07 Å². The van der Waals surface area contributed by atoms with Crippen molar-refractivity contribution < 1.29 is 4.79 Å². The zero-order chi connectivity index (χ0) is 14.8. The van der Waals surface area contributed by atoms with Crippen LogP contribution in [0.3, 0.4) is 0 Å². The first-order valence-electron chi connectivity index (χ1n) is 7.18. The number of aromatic amines is 1. The zero-order valence-electron chi connectivity index (χ0n) is 12.3. The first-order valence-corrected chi connectivity index (χ1v) is 8.06. The molecule has 1 fully saturated rings. The summed E-state index contributed by atoms with van der Waals surface area (Å²) in [4.78, 5) is 15.6. The van der Waals surface area contributed by atoms with Crippen molar-refractivity contribution in [3.8, 4) is 0 Å². The third kappa shape index (κ3) is 3.33. The average Bonchev–Trinajstić information content (AvgIpc) is 2.98. The Hall–Kier alpha value is -1.66. The molecule has 1 atom stereocenters. The molecule has 2 aromatic heterocycles. The summed E-state index contributed by atoms with van der Waals surface area (Å²) in [5.74, 6) is 0.473. The van der Waals surface area contributed by atoms with Crippen molar-refractivity contribution in [2.24, 2.45) is 0 Å². The van der Waals surface area contributed by atoms with E-state index in [1.165, 1.54) is 17.7 Å². The van der Waals surface area contributed by atoms with E-state index in [4.69, 9.17) is 0 Å². The fraction of sp³-hybridized carbons (Fsp3) is 0.467. The lowest BCUT2D eigenvalue weighted by Crippen LogP contribution is -2.34. The lowest BCUT2D eigenvalue weighted by atomic mass is 10.2. The van der Waals surface area contributed by atoms with Crippen LogP contribution in [0.4, 0.5) is 0 Å². The molecule has 21 heavy (non-hydrogen) atoms. The van der Waals surface area contributed by atoms with Crippen LogP contribution in [0, 0.1) is 0 Å². The molecule has 0 bridgehead atoms. The van der Waals surface area contributed by atoms with Crippen LogP contribution in [0.5, 0.6) is 0 Å². The minimum absolute atomic E-state index is 0.110. The third-order valence-electron chi connectivity index (χ3n) is 3.80. The highest BCUT2D eigenvalue weighted by atomic mass is 32.1. The lowest BCUT2D eigenvalue weighted by molar-refractivity contribution is 0.0937. The number of carbonyl (C=O) groups excluding carboxylic acids is 1. The SMILES string of the molecule is CN(C)[C@@H](CNC(=O)c1cc(C2CC2)[nH]n1)c1cccs1. The molecule has 2 aromatic rings. The molecule has 1 aliphatic rings. The summed E-state index contributed by atoms with van der Waals surface area (Å²) in [6.07, 6.45) is 2.40. The summed E-state index contributed by atoms with van der Waals surface area (Å²) >= 11 is 1.71. The van der Waals surface area contributed by atoms with Gasteiger partial charge in [-0.15, -0.1) is 11.3 Å². The number of rotatable bonds is 6. The van der Waals surface area contributed by atoms with Crippen LogP contribution in [0.25, 0.3) is 0 Å². The van der Waals surface area contributed by atoms with E-state index >= 15 is 0 Å². The van der Waals surface area contributed by atoms with Crippen molar-refractivity contribution in [2.45, 2.75) is 24.8 Å². The second kappa shape index (κ2) is 5.99. The molecular formula is C15H20N4OS. The van der Waals surface area contributed by atoms with Crippen LogP contribution in [0.15, 0.2) is 23.6 Å². The number of likely N-dealkylation sites (N-methyl/N-ethyl adjacent to an activating group) is 1. The summed E-state index contributed by atoms with van der Waals surface area (Å²) in [6.45, 7) is 0.581. The molecule has 0 radical (unpaired) electrons. The van der Waals surface area contributed by atoms with E-state index in [0.717, 1.165) is 5.69 Å². The summed E-state index contributed by atoms with van der Waals surface area (Å²) in [7, 11) is 4.05. The van der Waals surface area contributed by atoms with Gasteiger partial charge in [-0.05, 0) is 44.4 Å². The molecular weight excluding hydrogens is 284 g/mol. The highest BCUT2D eigenvalue weighted by Crippen LogP contribution is 2.38. The van der Waals surface area contributed by atoms with E-state index in [1.807, 2.05) is 26.2 Å². The minimum atomic E-state index is -0.110. The maximum atomic E-state index is 12.2. The normalized spacial score (nSPS) is 16.1. The molecule has 5 nitrogen and oxygen atoms in total. The topological polar surface area (TPSA) is 61.0 Å². The number of aromatic nitrogens is 2. The highest BCUT2D eigenvalue weighted by molar-refractivity contribution is 7.10. The van der Waals surface area contributed by atoms with Crippen molar-refractivity contribution in [2.75, 3.05) is 20.6 Å². The molecule has 112 valence electrons. The number of hydrogen-bond acceptors (Lipinski definition) is 4. The van der Waals surface area contributed by atoms with Gasteiger partial charge in [0.25, 0.3) is 5.91 Å². The Labute approximate surface area is 128 Å². The zero-order valence-corrected chi connectivity index (χ0v) is 13.1. The third-order valence-corrected chi connectivity index (χ3v) is 4.77. The summed E-state index contributed by atoms with van der Waals surface area (Å²) in [5.41, 5.74) is 1.57. The molecule has 1 saturated carbocycles. The van der Waals surface area contributed by atoms with Gasteiger partial charge >= 0.3 is 0 Å². The van der Waals surface area contributed by atoms with Crippen LogP contribution in [0.2, 0.25) is 0 Å². The Kier molecular flexibility index (Phi) is 4.07. The molecule has 0 unspecified atom stereocenters. The fourth-order valence-electron chi connectivity index (χ4n) is 2.35. The van der Waals surface area contributed by atoms with Crippen LogP contribution in [-0.2, 0) is 0 Å². The van der Waals surface area contributed by atoms with Crippen molar-refractivity contribution in [3.63, 3.8) is 0 Å². The van der Waals surface area contributed by atoms with Gasteiger partial charge in [0.1, 0.15) is 5.69 Å². The van der Waals surface area contributed by atoms with Crippen LogP contribution >= 0.6 is 11.3 Å². The molecule has 0 aromatic carbocycles. The van der Waals surface area contributed by atoms with E-state index in [2.05, 4.69) is 31.9 Å². The van der Waals surface area contributed by atoms with Gasteiger partial charge in [0.2, 0.25) is 0 Å². The van der Waals surface area contributed by atoms with Crippen LogP contribution in [0.1, 0.15) is 45.9 Å². The van der Waals surface area contributed by atoms with Gasteiger partial charge in [0.05, 0.1) is 6.04 Å². The Bertz CT molecular complexity index is 601. The van der Waals surface area contributed by atoms with Gasteiger partial charge in [-0.2, -0.15) is 5.10 Å². The fourth-order valence-corrected chi connectivity index (χ4v) is 3.28. The maximum Gasteiger partial charge on any atom is 0.271 e. The second-order valence-corrected chi connectivity index (χ2v) is 6.67. The molecule has 1 aliphatic carbocycles. The molecule has 0 saturated heterocycles. The number of nitrogens with one attached hydrogen (secondary N) is 2. The smallest absolute Gasteiger partial charge is 0.271 e. The maximum absolute atomic E-state index is 12.2. The van der Waals surface area contributed by atoms with E-state index in [9.17, 15) is 4.79 Å². The van der Waals surface area contributed by atoms with Gasteiger partial charge < -0.3 is 10.2 Å². The van der Waals surface area contributed by atoms with Crippen LogP contribution < -0.4 is 5.32 Å².